The molecule has 1 aromatic heterocycles. The average molecular weight is 363 g/mol. The maximum Gasteiger partial charge on any atom is 0.251 e. The molecule has 0 fully saturated rings. The Morgan fingerprint density at radius 1 is 1.32 bits per heavy atom. The van der Waals surface area contributed by atoms with E-state index >= 15 is 0 Å². The number of hydrogen-bond donors (Lipinski definition) is 2. The number of rotatable bonds is 9. The highest BCUT2D eigenvalue weighted by Gasteiger charge is 2.06. The Labute approximate surface area is 148 Å². The van der Waals surface area contributed by atoms with Gasteiger partial charge in [0, 0.05) is 30.5 Å². The predicted molar refractivity (Wildman–Crippen MR) is 91.4 cm³/mol. The topological polar surface area (TPSA) is 130 Å². The highest BCUT2D eigenvalue weighted by molar-refractivity contribution is 7.79. The van der Waals surface area contributed by atoms with Gasteiger partial charge in [0.05, 0.1) is 5.69 Å². The van der Waals surface area contributed by atoms with Gasteiger partial charge in [-0.05, 0) is 24.1 Å². The highest BCUT2D eigenvalue weighted by atomic mass is 32.2. The van der Waals surface area contributed by atoms with Crippen molar-refractivity contribution in [2.75, 3.05) is 12.3 Å². The SMILES string of the molecule is NCc1cc(OCc2cccc(C(=O)NCCCS(=O)[O-])c2)ncn1. The van der Waals surface area contributed by atoms with Crippen LogP contribution >= 0.6 is 0 Å². The van der Waals surface area contributed by atoms with Crippen molar-refractivity contribution in [3.05, 3.63) is 53.5 Å². The van der Waals surface area contributed by atoms with Crippen LogP contribution in [-0.4, -0.2) is 36.9 Å². The minimum atomic E-state index is -2.09. The van der Waals surface area contributed by atoms with Gasteiger partial charge in [-0.2, -0.15) is 0 Å². The molecular weight excluding hydrogens is 344 g/mol. The van der Waals surface area contributed by atoms with Gasteiger partial charge in [-0.1, -0.05) is 23.2 Å². The summed E-state index contributed by atoms with van der Waals surface area (Å²) in [7, 11) is 0. The Kier molecular flexibility index (Phi) is 7.45. The minimum absolute atomic E-state index is 0.0257. The number of hydrogen-bond acceptors (Lipinski definition) is 7. The third-order valence-electron chi connectivity index (χ3n) is 3.26. The van der Waals surface area contributed by atoms with Gasteiger partial charge in [0.1, 0.15) is 12.9 Å². The number of nitrogens with one attached hydrogen (secondary N) is 1. The van der Waals surface area contributed by atoms with Gasteiger partial charge in [0.15, 0.2) is 0 Å². The van der Waals surface area contributed by atoms with E-state index in [1.807, 2.05) is 6.07 Å². The maximum atomic E-state index is 12.1. The van der Waals surface area contributed by atoms with E-state index < -0.39 is 11.1 Å². The summed E-state index contributed by atoms with van der Waals surface area (Å²) in [6, 6.07) is 8.65. The number of ether oxygens (including phenoxy) is 1. The molecule has 0 spiro atoms. The Balaban J connectivity index is 1.89. The summed E-state index contributed by atoms with van der Waals surface area (Å²) in [4.78, 5) is 20.1. The monoisotopic (exact) mass is 363 g/mol. The highest BCUT2D eigenvalue weighted by Crippen LogP contribution is 2.11. The van der Waals surface area contributed by atoms with Crippen molar-refractivity contribution >= 4 is 17.0 Å². The first-order chi connectivity index (χ1) is 12.1. The van der Waals surface area contributed by atoms with Crippen LogP contribution in [0.5, 0.6) is 5.88 Å². The third-order valence-corrected chi connectivity index (χ3v) is 3.88. The summed E-state index contributed by atoms with van der Waals surface area (Å²) in [6.45, 7) is 0.849. The molecule has 0 radical (unpaired) electrons. The molecule has 0 saturated heterocycles. The van der Waals surface area contributed by atoms with Crippen LogP contribution in [0.4, 0.5) is 0 Å². The summed E-state index contributed by atoms with van der Waals surface area (Å²) >= 11 is -2.09. The van der Waals surface area contributed by atoms with Crippen molar-refractivity contribution in [2.24, 2.45) is 5.73 Å². The fourth-order valence-corrected chi connectivity index (χ4v) is 2.40. The molecule has 0 bridgehead atoms. The number of carbonyl (C=O) groups is 1. The zero-order valence-corrected chi connectivity index (χ0v) is 14.3. The van der Waals surface area contributed by atoms with Crippen LogP contribution in [0.25, 0.3) is 0 Å². The van der Waals surface area contributed by atoms with E-state index in [0.717, 1.165) is 5.56 Å². The van der Waals surface area contributed by atoms with Crippen molar-refractivity contribution in [3.8, 4) is 5.88 Å². The lowest BCUT2D eigenvalue weighted by atomic mass is 10.1. The smallest absolute Gasteiger partial charge is 0.251 e. The van der Waals surface area contributed by atoms with Gasteiger partial charge in [0.25, 0.3) is 5.91 Å². The quantitative estimate of drug-likeness (QED) is 0.490. The Morgan fingerprint density at radius 3 is 2.92 bits per heavy atom. The first kappa shape index (κ1) is 19.0. The molecule has 134 valence electrons. The van der Waals surface area contributed by atoms with Gasteiger partial charge in [-0.3, -0.25) is 9.00 Å². The van der Waals surface area contributed by atoms with Gasteiger partial charge in [-0.15, -0.1) is 0 Å². The fourth-order valence-electron chi connectivity index (χ4n) is 2.02. The van der Waals surface area contributed by atoms with Crippen molar-refractivity contribution in [1.82, 2.24) is 15.3 Å². The van der Waals surface area contributed by atoms with Crippen molar-refractivity contribution < 1.29 is 18.3 Å². The second-order valence-electron chi connectivity index (χ2n) is 5.16. The molecule has 1 amide bonds. The number of benzene rings is 1. The lowest BCUT2D eigenvalue weighted by Crippen LogP contribution is -2.25. The van der Waals surface area contributed by atoms with E-state index in [4.69, 9.17) is 10.5 Å². The normalized spacial score (nSPS) is 11.8. The van der Waals surface area contributed by atoms with Crippen LogP contribution in [0.15, 0.2) is 36.7 Å². The molecule has 0 aliphatic rings. The first-order valence-electron chi connectivity index (χ1n) is 7.65. The maximum absolute atomic E-state index is 12.1. The molecule has 2 rings (SSSR count). The lowest BCUT2D eigenvalue weighted by Gasteiger charge is -2.09. The molecule has 25 heavy (non-hydrogen) atoms. The van der Waals surface area contributed by atoms with Crippen LogP contribution in [0.2, 0.25) is 0 Å². The predicted octanol–water partition coefficient (Wildman–Crippen LogP) is 0.513. The standard InChI is InChI=1S/C16H20N4O4S/c17-9-14-8-15(20-11-19-14)24-10-12-3-1-4-13(7-12)16(21)18-5-2-6-25(22)23/h1,3-4,7-8,11H,2,5-6,9-10,17H2,(H,18,21)(H,22,23)/p-1. The van der Waals surface area contributed by atoms with Crippen LogP contribution in [-0.2, 0) is 24.2 Å². The largest absolute Gasteiger partial charge is 0.772 e. The van der Waals surface area contributed by atoms with E-state index in [2.05, 4.69) is 15.3 Å². The zero-order valence-electron chi connectivity index (χ0n) is 13.5. The van der Waals surface area contributed by atoms with E-state index in [1.54, 1.807) is 24.3 Å². The molecule has 0 aliphatic heterocycles. The average Bonchev–Trinajstić information content (AvgIpc) is 2.63. The second-order valence-corrected chi connectivity index (χ2v) is 6.17. The fraction of sp³-hybridized carbons (Fsp3) is 0.312. The number of nitrogens with two attached hydrogens (primary N) is 1. The second kappa shape index (κ2) is 9.82. The molecule has 2 aromatic rings. The van der Waals surface area contributed by atoms with Crippen molar-refractivity contribution in [3.63, 3.8) is 0 Å². The van der Waals surface area contributed by atoms with Gasteiger partial charge < -0.3 is 20.3 Å². The summed E-state index contributed by atoms with van der Waals surface area (Å²) in [5, 5.41) is 2.68. The van der Waals surface area contributed by atoms with Crippen LogP contribution in [0.3, 0.4) is 0 Å². The van der Waals surface area contributed by atoms with Crippen LogP contribution < -0.4 is 15.8 Å². The Bertz CT molecular complexity index is 742. The van der Waals surface area contributed by atoms with E-state index in [9.17, 15) is 13.6 Å². The molecule has 9 heteroatoms. The Morgan fingerprint density at radius 2 is 2.16 bits per heavy atom. The molecule has 1 heterocycles. The van der Waals surface area contributed by atoms with Crippen molar-refractivity contribution in [1.29, 1.82) is 0 Å². The number of nitrogens with zero attached hydrogens (tertiary/aromatic N) is 2. The molecular formula is C16H19N4O4S-. The van der Waals surface area contributed by atoms with Crippen LogP contribution in [0, 0.1) is 0 Å². The third kappa shape index (κ3) is 6.57. The molecule has 1 aromatic carbocycles. The summed E-state index contributed by atoms with van der Waals surface area (Å²) in [6.07, 6.45) is 1.76. The van der Waals surface area contributed by atoms with E-state index in [0.29, 0.717) is 36.6 Å². The summed E-state index contributed by atoms with van der Waals surface area (Å²) < 4.78 is 26.5. The van der Waals surface area contributed by atoms with Gasteiger partial charge >= 0.3 is 0 Å². The molecule has 0 saturated carbocycles. The Hall–Kier alpha value is -2.36. The molecule has 0 aliphatic carbocycles. The number of carbonyl (C=O) groups excluding carboxylic acids is 1. The molecule has 1 unspecified atom stereocenters. The summed E-state index contributed by atoms with van der Waals surface area (Å²) in [5.74, 6) is 0.180. The van der Waals surface area contributed by atoms with E-state index in [1.165, 1.54) is 6.33 Å². The van der Waals surface area contributed by atoms with Crippen molar-refractivity contribution in [2.45, 2.75) is 19.6 Å². The first-order valence-corrected chi connectivity index (χ1v) is 8.89. The van der Waals surface area contributed by atoms with Gasteiger partial charge in [0.2, 0.25) is 5.88 Å². The molecule has 8 nitrogen and oxygen atoms in total. The molecule has 3 N–H and O–H groups in total. The number of aromatic nitrogens is 2. The summed E-state index contributed by atoms with van der Waals surface area (Å²) in [5.41, 5.74) is 7.49. The lowest BCUT2D eigenvalue weighted by molar-refractivity contribution is 0.0953. The van der Waals surface area contributed by atoms with E-state index in [-0.39, 0.29) is 18.3 Å². The minimum Gasteiger partial charge on any atom is -0.772 e. The zero-order chi connectivity index (χ0) is 18.1. The molecule has 1 atom stereocenters. The van der Waals surface area contributed by atoms with Crippen LogP contribution in [0.1, 0.15) is 28.0 Å². The number of amides is 1. The van der Waals surface area contributed by atoms with Gasteiger partial charge in [-0.25, -0.2) is 9.97 Å².